The summed E-state index contributed by atoms with van der Waals surface area (Å²) in [7, 11) is 0. The molecule has 2 unspecified atom stereocenters. The highest BCUT2D eigenvalue weighted by atomic mass is 32.2. The molecule has 4 heteroatoms. The van der Waals surface area contributed by atoms with Crippen LogP contribution in [0.1, 0.15) is 27.2 Å². The molecule has 16 heavy (non-hydrogen) atoms. The van der Waals surface area contributed by atoms with Crippen molar-refractivity contribution in [1.82, 2.24) is 4.90 Å². The van der Waals surface area contributed by atoms with Crippen LogP contribution in [0, 0.1) is 0 Å². The van der Waals surface area contributed by atoms with Gasteiger partial charge < -0.3 is 10.5 Å². The summed E-state index contributed by atoms with van der Waals surface area (Å²) in [6.45, 7) is 10.6. The van der Waals surface area contributed by atoms with Gasteiger partial charge >= 0.3 is 0 Å². The SMILES string of the molecule is CC(CCN)SCC1CN(C(C)C)CCO1. The highest BCUT2D eigenvalue weighted by Crippen LogP contribution is 2.18. The van der Waals surface area contributed by atoms with E-state index in [-0.39, 0.29) is 0 Å². The van der Waals surface area contributed by atoms with Crippen LogP contribution in [0.15, 0.2) is 0 Å². The normalized spacial score (nSPS) is 24.9. The molecule has 0 radical (unpaired) electrons. The third-order valence-corrected chi connectivity index (χ3v) is 4.41. The summed E-state index contributed by atoms with van der Waals surface area (Å²) < 4.78 is 5.79. The second-order valence-electron chi connectivity index (χ2n) is 4.80. The predicted molar refractivity (Wildman–Crippen MR) is 72.0 cm³/mol. The highest BCUT2D eigenvalue weighted by Gasteiger charge is 2.22. The molecule has 0 aliphatic carbocycles. The molecule has 1 rings (SSSR count). The summed E-state index contributed by atoms with van der Waals surface area (Å²) in [4.78, 5) is 2.50. The molecule has 2 atom stereocenters. The van der Waals surface area contributed by atoms with Gasteiger partial charge in [-0.1, -0.05) is 6.92 Å². The van der Waals surface area contributed by atoms with Crippen molar-refractivity contribution in [2.24, 2.45) is 5.73 Å². The molecular formula is C12H26N2OS. The second-order valence-corrected chi connectivity index (χ2v) is 6.27. The Kier molecular flexibility index (Phi) is 6.73. The first-order valence-corrected chi connectivity index (χ1v) is 7.35. The highest BCUT2D eigenvalue weighted by molar-refractivity contribution is 7.99. The number of hydrogen-bond donors (Lipinski definition) is 1. The van der Waals surface area contributed by atoms with Gasteiger partial charge in [0.1, 0.15) is 0 Å². The van der Waals surface area contributed by atoms with E-state index in [2.05, 4.69) is 25.7 Å². The summed E-state index contributed by atoms with van der Waals surface area (Å²) >= 11 is 1.99. The van der Waals surface area contributed by atoms with Gasteiger partial charge in [-0.3, -0.25) is 4.90 Å². The summed E-state index contributed by atoms with van der Waals surface area (Å²) in [6, 6.07) is 0.637. The van der Waals surface area contributed by atoms with Gasteiger partial charge in [0.25, 0.3) is 0 Å². The zero-order valence-corrected chi connectivity index (χ0v) is 11.6. The van der Waals surface area contributed by atoms with E-state index in [4.69, 9.17) is 10.5 Å². The first-order chi connectivity index (χ1) is 7.63. The maximum Gasteiger partial charge on any atom is 0.0793 e. The Morgan fingerprint density at radius 3 is 2.81 bits per heavy atom. The lowest BCUT2D eigenvalue weighted by Crippen LogP contribution is -2.46. The van der Waals surface area contributed by atoms with Gasteiger partial charge in [-0.05, 0) is 26.8 Å². The molecule has 1 heterocycles. The fourth-order valence-corrected chi connectivity index (χ4v) is 2.95. The molecule has 96 valence electrons. The Labute approximate surface area is 104 Å². The van der Waals surface area contributed by atoms with E-state index in [1.54, 1.807) is 0 Å². The lowest BCUT2D eigenvalue weighted by atomic mass is 10.2. The number of thioether (sulfide) groups is 1. The number of rotatable bonds is 6. The van der Waals surface area contributed by atoms with Crippen molar-refractivity contribution in [3.63, 3.8) is 0 Å². The average molecular weight is 246 g/mol. The van der Waals surface area contributed by atoms with Crippen molar-refractivity contribution in [2.45, 2.75) is 44.6 Å². The summed E-state index contributed by atoms with van der Waals surface area (Å²) in [5.74, 6) is 1.10. The number of hydrogen-bond acceptors (Lipinski definition) is 4. The van der Waals surface area contributed by atoms with E-state index in [0.717, 1.165) is 38.4 Å². The fourth-order valence-electron chi connectivity index (χ4n) is 1.90. The smallest absolute Gasteiger partial charge is 0.0793 e. The molecule has 0 aromatic heterocycles. The van der Waals surface area contributed by atoms with Crippen molar-refractivity contribution in [1.29, 1.82) is 0 Å². The van der Waals surface area contributed by atoms with Crippen LogP contribution in [0.5, 0.6) is 0 Å². The lowest BCUT2D eigenvalue weighted by Gasteiger charge is -2.35. The molecule has 0 bridgehead atoms. The maximum absolute atomic E-state index is 5.79. The zero-order chi connectivity index (χ0) is 12.0. The van der Waals surface area contributed by atoms with Crippen LogP contribution in [0.25, 0.3) is 0 Å². The van der Waals surface area contributed by atoms with Crippen LogP contribution in [-0.4, -0.2) is 54.3 Å². The van der Waals surface area contributed by atoms with E-state index in [1.165, 1.54) is 0 Å². The Balaban J connectivity index is 2.21. The Morgan fingerprint density at radius 1 is 1.44 bits per heavy atom. The van der Waals surface area contributed by atoms with E-state index in [0.29, 0.717) is 17.4 Å². The van der Waals surface area contributed by atoms with Gasteiger partial charge in [0.2, 0.25) is 0 Å². The van der Waals surface area contributed by atoms with Gasteiger partial charge in [-0.15, -0.1) is 0 Å². The van der Waals surface area contributed by atoms with Gasteiger partial charge in [0.15, 0.2) is 0 Å². The first kappa shape index (κ1) is 14.3. The Hall–Kier alpha value is 0.230. The standard InChI is InChI=1S/C12H26N2OS/c1-10(2)14-6-7-15-12(8-14)9-16-11(3)4-5-13/h10-12H,4-9,13H2,1-3H3. The van der Waals surface area contributed by atoms with Crippen LogP contribution < -0.4 is 5.73 Å². The molecule has 0 saturated carbocycles. The average Bonchev–Trinajstić information content (AvgIpc) is 2.27. The van der Waals surface area contributed by atoms with Crippen LogP contribution in [0.2, 0.25) is 0 Å². The van der Waals surface area contributed by atoms with Crippen molar-refractivity contribution in [3.05, 3.63) is 0 Å². The van der Waals surface area contributed by atoms with Crippen LogP contribution in [0.4, 0.5) is 0 Å². The first-order valence-electron chi connectivity index (χ1n) is 6.30. The topological polar surface area (TPSA) is 38.5 Å². The monoisotopic (exact) mass is 246 g/mol. The Morgan fingerprint density at radius 2 is 2.19 bits per heavy atom. The van der Waals surface area contributed by atoms with Crippen LogP contribution in [0.3, 0.4) is 0 Å². The zero-order valence-electron chi connectivity index (χ0n) is 10.8. The molecule has 1 aliphatic rings. The minimum Gasteiger partial charge on any atom is -0.375 e. The van der Waals surface area contributed by atoms with Crippen LogP contribution in [-0.2, 0) is 4.74 Å². The third-order valence-electron chi connectivity index (χ3n) is 3.04. The van der Waals surface area contributed by atoms with Gasteiger partial charge in [0.05, 0.1) is 12.7 Å². The summed E-state index contributed by atoms with van der Waals surface area (Å²) in [5, 5.41) is 0.656. The minimum atomic E-state index is 0.404. The molecule has 0 amide bonds. The third kappa shape index (κ3) is 5.04. The van der Waals surface area contributed by atoms with Crippen molar-refractivity contribution < 1.29 is 4.74 Å². The molecule has 1 saturated heterocycles. The minimum absolute atomic E-state index is 0.404. The summed E-state index contributed by atoms with van der Waals surface area (Å²) in [6.07, 6.45) is 1.51. The Bertz CT molecular complexity index is 190. The quantitative estimate of drug-likeness (QED) is 0.772. The molecule has 0 spiro atoms. The maximum atomic E-state index is 5.79. The molecule has 0 aromatic carbocycles. The molecule has 1 fully saturated rings. The number of morpholine rings is 1. The molecular weight excluding hydrogens is 220 g/mol. The largest absolute Gasteiger partial charge is 0.375 e. The number of nitrogens with zero attached hydrogens (tertiary/aromatic N) is 1. The van der Waals surface area contributed by atoms with Crippen molar-refractivity contribution in [3.8, 4) is 0 Å². The lowest BCUT2D eigenvalue weighted by molar-refractivity contribution is -0.0265. The molecule has 3 nitrogen and oxygen atoms in total. The fraction of sp³-hybridized carbons (Fsp3) is 1.00. The van der Waals surface area contributed by atoms with E-state index >= 15 is 0 Å². The number of ether oxygens (including phenoxy) is 1. The van der Waals surface area contributed by atoms with E-state index < -0.39 is 0 Å². The van der Waals surface area contributed by atoms with Gasteiger partial charge in [-0.25, -0.2) is 0 Å². The van der Waals surface area contributed by atoms with E-state index in [9.17, 15) is 0 Å². The number of nitrogens with two attached hydrogens (primary N) is 1. The predicted octanol–water partition coefficient (Wildman–Crippen LogP) is 1.57. The van der Waals surface area contributed by atoms with Crippen molar-refractivity contribution >= 4 is 11.8 Å². The molecule has 2 N–H and O–H groups in total. The van der Waals surface area contributed by atoms with Crippen molar-refractivity contribution in [2.75, 3.05) is 32.0 Å². The van der Waals surface area contributed by atoms with E-state index in [1.807, 2.05) is 11.8 Å². The van der Waals surface area contributed by atoms with Gasteiger partial charge in [-0.2, -0.15) is 11.8 Å². The molecule has 0 aromatic rings. The van der Waals surface area contributed by atoms with Gasteiger partial charge in [0, 0.05) is 30.1 Å². The second kappa shape index (κ2) is 7.54. The molecule has 1 aliphatic heterocycles. The summed E-state index contributed by atoms with van der Waals surface area (Å²) in [5.41, 5.74) is 5.55. The van der Waals surface area contributed by atoms with Crippen LogP contribution >= 0.6 is 11.8 Å².